The van der Waals surface area contributed by atoms with Crippen molar-refractivity contribution in [3.8, 4) is 11.8 Å². The summed E-state index contributed by atoms with van der Waals surface area (Å²) in [6, 6.07) is 8.41. The Kier molecular flexibility index (Phi) is 5.85. The van der Waals surface area contributed by atoms with Gasteiger partial charge in [-0.05, 0) is 43.7 Å². The predicted molar refractivity (Wildman–Crippen MR) is 77.9 cm³/mol. The summed E-state index contributed by atoms with van der Waals surface area (Å²) in [6.45, 7) is 0.639. The fourth-order valence-electron chi connectivity index (χ4n) is 2.66. The standard InChI is InChI=1S/C16H19F3N2O2/c17-16(18,19)13-2-1-7-21(9-13)10-14(22)11-23-15-5-3-12(8-20)4-6-15/h3-6,13-14,22H,1-2,7,9-11H2/t13-,14+/m1/s1. The van der Waals surface area contributed by atoms with Gasteiger partial charge in [-0.1, -0.05) is 0 Å². The monoisotopic (exact) mass is 328 g/mol. The summed E-state index contributed by atoms with van der Waals surface area (Å²) in [5.41, 5.74) is 0.504. The van der Waals surface area contributed by atoms with Crippen LogP contribution in [0.15, 0.2) is 24.3 Å². The van der Waals surface area contributed by atoms with Crippen LogP contribution in [0.25, 0.3) is 0 Å². The molecule has 0 radical (unpaired) electrons. The zero-order valence-electron chi connectivity index (χ0n) is 12.6. The van der Waals surface area contributed by atoms with E-state index in [0.717, 1.165) is 0 Å². The molecule has 1 heterocycles. The second kappa shape index (κ2) is 7.66. The molecule has 1 N–H and O–H groups in total. The molecule has 0 spiro atoms. The Morgan fingerprint density at radius 2 is 2.04 bits per heavy atom. The average molecular weight is 328 g/mol. The van der Waals surface area contributed by atoms with Gasteiger partial charge in [0.2, 0.25) is 0 Å². The molecule has 1 fully saturated rings. The molecule has 0 aliphatic carbocycles. The van der Waals surface area contributed by atoms with Gasteiger partial charge in [0, 0.05) is 13.1 Å². The van der Waals surface area contributed by atoms with Crippen LogP contribution in [0.1, 0.15) is 18.4 Å². The molecule has 0 saturated carbocycles. The molecule has 23 heavy (non-hydrogen) atoms. The van der Waals surface area contributed by atoms with Gasteiger partial charge in [0.15, 0.2) is 0 Å². The Morgan fingerprint density at radius 3 is 2.65 bits per heavy atom. The topological polar surface area (TPSA) is 56.5 Å². The first-order valence-electron chi connectivity index (χ1n) is 7.48. The number of benzene rings is 1. The molecule has 2 rings (SSSR count). The Morgan fingerprint density at radius 1 is 1.35 bits per heavy atom. The van der Waals surface area contributed by atoms with Crippen molar-refractivity contribution in [2.24, 2.45) is 5.92 Å². The first-order chi connectivity index (χ1) is 10.9. The van der Waals surface area contributed by atoms with Crippen molar-refractivity contribution < 1.29 is 23.0 Å². The van der Waals surface area contributed by atoms with Crippen LogP contribution in [0.3, 0.4) is 0 Å². The normalized spacial score (nSPS) is 20.7. The van der Waals surface area contributed by atoms with Crippen molar-refractivity contribution in [3.63, 3.8) is 0 Å². The number of hydrogen-bond donors (Lipinski definition) is 1. The summed E-state index contributed by atoms with van der Waals surface area (Å²) in [6.07, 6.45) is -4.41. The van der Waals surface area contributed by atoms with Crippen molar-refractivity contribution in [2.75, 3.05) is 26.2 Å². The van der Waals surface area contributed by atoms with E-state index in [4.69, 9.17) is 10.00 Å². The molecule has 4 nitrogen and oxygen atoms in total. The van der Waals surface area contributed by atoms with Gasteiger partial charge in [-0.25, -0.2) is 0 Å². The van der Waals surface area contributed by atoms with Gasteiger partial charge in [0.25, 0.3) is 0 Å². The maximum atomic E-state index is 12.7. The van der Waals surface area contributed by atoms with Gasteiger partial charge in [-0.2, -0.15) is 18.4 Å². The summed E-state index contributed by atoms with van der Waals surface area (Å²) in [7, 11) is 0. The third-order valence-corrected chi connectivity index (χ3v) is 3.86. The second-order valence-electron chi connectivity index (χ2n) is 5.74. The summed E-state index contributed by atoms with van der Waals surface area (Å²) in [5.74, 6) is -0.808. The number of nitrogens with zero attached hydrogens (tertiary/aromatic N) is 2. The minimum Gasteiger partial charge on any atom is -0.491 e. The highest BCUT2D eigenvalue weighted by Gasteiger charge is 2.41. The van der Waals surface area contributed by atoms with Gasteiger partial charge >= 0.3 is 6.18 Å². The lowest BCUT2D eigenvalue weighted by atomic mass is 9.97. The number of halogens is 3. The van der Waals surface area contributed by atoms with E-state index < -0.39 is 18.2 Å². The number of alkyl halides is 3. The van der Waals surface area contributed by atoms with E-state index in [1.807, 2.05) is 6.07 Å². The smallest absolute Gasteiger partial charge is 0.393 e. The minimum atomic E-state index is -4.18. The summed E-state index contributed by atoms with van der Waals surface area (Å²) < 4.78 is 43.6. The van der Waals surface area contributed by atoms with Gasteiger partial charge < -0.3 is 14.7 Å². The van der Waals surface area contributed by atoms with Crippen LogP contribution in [0, 0.1) is 17.2 Å². The molecule has 0 unspecified atom stereocenters. The Balaban J connectivity index is 1.77. The van der Waals surface area contributed by atoms with E-state index in [-0.39, 0.29) is 26.1 Å². The number of likely N-dealkylation sites (tertiary alicyclic amines) is 1. The molecule has 1 saturated heterocycles. The molecule has 0 aromatic heterocycles. The van der Waals surface area contributed by atoms with Crippen LogP contribution in [-0.2, 0) is 0 Å². The number of aliphatic hydroxyl groups is 1. The Hall–Kier alpha value is -1.78. The number of ether oxygens (including phenoxy) is 1. The molecule has 1 aromatic rings. The van der Waals surface area contributed by atoms with Gasteiger partial charge in [0.1, 0.15) is 18.5 Å². The zero-order valence-corrected chi connectivity index (χ0v) is 12.6. The summed E-state index contributed by atoms with van der Waals surface area (Å²) in [4.78, 5) is 1.63. The minimum absolute atomic E-state index is 0.000908. The molecule has 1 aromatic carbocycles. The molecular weight excluding hydrogens is 309 g/mol. The molecule has 0 amide bonds. The summed E-state index contributed by atoms with van der Waals surface area (Å²) >= 11 is 0. The van der Waals surface area contributed by atoms with Gasteiger partial charge in [-0.15, -0.1) is 0 Å². The quantitative estimate of drug-likeness (QED) is 0.903. The number of β-amino-alcohol motifs (C(OH)–C–C–N with tert-alkyl or cyclic N) is 1. The molecule has 0 bridgehead atoms. The fourth-order valence-corrected chi connectivity index (χ4v) is 2.66. The van der Waals surface area contributed by atoms with Crippen molar-refractivity contribution in [1.29, 1.82) is 5.26 Å². The largest absolute Gasteiger partial charge is 0.491 e. The van der Waals surface area contributed by atoms with Crippen molar-refractivity contribution in [1.82, 2.24) is 4.90 Å². The molecular formula is C16H19F3N2O2. The number of hydrogen-bond acceptors (Lipinski definition) is 4. The van der Waals surface area contributed by atoms with E-state index in [1.165, 1.54) is 0 Å². The van der Waals surface area contributed by atoms with Gasteiger partial charge in [0.05, 0.1) is 17.6 Å². The second-order valence-corrected chi connectivity index (χ2v) is 5.74. The van der Waals surface area contributed by atoms with E-state index >= 15 is 0 Å². The number of rotatable bonds is 5. The first kappa shape index (κ1) is 17.6. The number of nitriles is 1. The molecule has 7 heteroatoms. The van der Waals surface area contributed by atoms with Crippen LogP contribution < -0.4 is 4.74 Å². The van der Waals surface area contributed by atoms with E-state index in [9.17, 15) is 18.3 Å². The lowest BCUT2D eigenvalue weighted by Crippen LogP contribution is -2.45. The molecule has 1 aliphatic heterocycles. The number of aliphatic hydroxyl groups excluding tert-OH is 1. The highest BCUT2D eigenvalue weighted by molar-refractivity contribution is 5.34. The Labute approximate surface area is 133 Å². The molecule has 126 valence electrons. The lowest BCUT2D eigenvalue weighted by Gasteiger charge is -2.34. The Bertz CT molecular complexity index is 540. The maximum absolute atomic E-state index is 12.7. The SMILES string of the molecule is N#Cc1ccc(OC[C@@H](O)CN2CCC[C@@H](C(F)(F)F)C2)cc1. The predicted octanol–water partition coefficient (Wildman–Crippen LogP) is 2.57. The highest BCUT2D eigenvalue weighted by Crippen LogP contribution is 2.33. The maximum Gasteiger partial charge on any atom is 0.393 e. The molecule has 1 aliphatic rings. The van der Waals surface area contributed by atoms with E-state index in [1.54, 1.807) is 29.2 Å². The van der Waals surface area contributed by atoms with Crippen LogP contribution in [0.5, 0.6) is 5.75 Å². The summed E-state index contributed by atoms with van der Waals surface area (Å²) in [5, 5.41) is 18.6. The first-order valence-corrected chi connectivity index (χ1v) is 7.48. The van der Waals surface area contributed by atoms with Crippen molar-refractivity contribution >= 4 is 0 Å². The average Bonchev–Trinajstić information content (AvgIpc) is 2.53. The lowest BCUT2D eigenvalue weighted by molar-refractivity contribution is -0.187. The fraction of sp³-hybridized carbons (Fsp3) is 0.562. The van der Waals surface area contributed by atoms with E-state index in [0.29, 0.717) is 24.3 Å². The van der Waals surface area contributed by atoms with Crippen molar-refractivity contribution in [2.45, 2.75) is 25.1 Å². The van der Waals surface area contributed by atoms with Crippen LogP contribution in [0.2, 0.25) is 0 Å². The third-order valence-electron chi connectivity index (χ3n) is 3.86. The van der Waals surface area contributed by atoms with E-state index in [2.05, 4.69) is 0 Å². The highest BCUT2D eigenvalue weighted by atomic mass is 19.4. The van der Waals surface area contributed by atoms with Crippen molar-refractivity contribution in [3.05, 3.63) is 29.8 Å². The van der Waals surface area contributed by atoms with Crippen LogP contribution in [-0.4, -0.2) is 48.5 Å². The third kappa shape index (κ3) is 5.41. The zero-order chi connectivity index (χ0) is 16.9. The molecule has 2 atom stereocenters. The number of piperidine rings is 1. The van der Waals surface area contributed by atoms with Crippen LogP contribution >= 0.6 is 0 Å². The van der Waals surface area contributed by atoms with Crippen LogP contribution in [0.4, 0.5) is 13.2 Å². The van der Waals surface area contributed by atoms with Gasteiger partial charge in [-0.3, -0.25) is 0 Å².